The van der Waals surface area contributed by atoms with Crippen LogP contribution in [0.25, 0.3) is 0 Å². The van der Waals surface area contributed by atoms with E-state index >= 15 is 0 Å². The van der Waals surface area contributed by atoms with Gasteiger partial charge in [-0.2, -0.15) is 0 Å². The molecule has 1 aromatic carbocycles. The topological polar surface area (TPSA) is 55.1 Å². The first kappa shape index (κ1) is 16.7. The lowest BCUT2D eigenvalue weighted by atomic mass is 10.0. The maximum absolute atomic E-state index is 11.8. The van der Waals surface area contributed by atoms with Gasteiger partial charge in [-0.15, -0.1) is 0 Å². The fourth-order valence-electron chi connectivity index (χ4n) is 2.25. The number of carbonyl (C=O) groups excluding carboxylic acids is 1. The van der Waals surface area contributed by atoms with Crippen molar-refractivity contribution in [3.63, 3.8) is 0 Å². The largest absolute Gasteiger partial charge is 0.354 e. The zero-order valence-electron chi connectivity index (χ0n) is 12.8. The van der Waals surface area contributed by atoms with Crippen LogP contribution in [-0.2, 0) is 11.2 Å². The van der Waals surface area contributed by atoms with E-state index in [2.05, 4.69) is 43.4 Å². The Morgan fingerprint density at radius 3 is 2.50 bits per heavy atom. The zero-order chi connectivity index (χ0) is 14.8. The Balaban J connectivity index is 2.18. The van der Waals surface area contributed by atoms with Crippen LogP contribution in [0.15, 0.2) is 30.3 Å². The molecular formula is C17H28N2O. The molecule has 0 aliphatic carbocycles. The van der Waals surface area contributed by atoms with E-state index in [0.29, 0.717) is 18.9 Å². The summed E-state index contributed by atoms with van der Waals surface area (Å²) in [5, 5.41) is 3.08. The van der Waals surface area contributed by atoms with E-state index in [-0.39, 0.29) is 11.9 Å². The summed E-state index contributed by atoms with van der Waals surface area (Å²) in [7, 11) is 0. The van der Waals surface area contributed by atoms with Crippen LogP contribution in [0, 0.1) is 5.92 Å². The fourth-order valence-corrected chi connectivity index (χ4v) is 2.25. The first-order chi connectivity index (χ1) is 9.61. The Morgan fingerprint density at radius 1 is 1.15 bits per heavy atom. The van der Waals surface area contributed by atoms with E-state index in [1.54, 1.807) is 0 Å². The second-order valence-electron chi connectivity index (χ2n) is 5.71. The molecule has 2 atom stereocenters. The van der Waals surface area contributed by atoms with E-state index in [0.717, 1.165) is 25.7 Å². The number of amides is 1. The van der Waals surface area contributed by atoms with E-state index in [4.69, 9.17) is 5.73 Å². The lowest BCUT2D eigenvalue weighted by Gasteiger charge is -2.15. The first-order valence-corrected chi connectivity index (χ1v) is 7.65. The van der Waals surface area contributed by atoms with Crippen LogP contribution in [0.5, 0.6) is 0 Å². The minimum absolute atomic E-state index is 0.162. The predicted molar refractivity (Wildman–Crippen MR) is 84.4 cm³/mol. The summed E-state index contributed by atoms with van der Waals surface area (Å²) < 4.78 is 0. The molecule has 0 heterocycles. The fraction of sp³-hybridized carbons (Fsp3) is 0.588. The third-order valence-corrected chi connectivity index (χ3v) is 3.64. The summed E-state index contributed by atoms with van der Waals surface area (Å²) in [6.07, 6.45) is 4.52. The van der Waals surface area contributed by atoms with Crippen molar-refractivity contribution in [2.75, 3.05) is 6.54 Å². The monoisotopic (exact) mass is 276 g/mol. The lowest BCUT2D eigenvalue weighted by molar-refractivity contribution is -0.122. The maximum atomic E-state index is 11.8. The Bertz CT molecular complexity index is 378. The molecule has 3 heteroatoms. The van der Waals surface area contributed by atoms with Crippen molar-refractivity contribution in [1.82, 2.24) is 5.32 Å². The number of hydrogen-bond acceptors (Lipinski definition) is 2. The minimum atomic E-state index is 0.162. The highest BCUT2D eigenvalue weighted by Gasteiger charge is 2.09. The number of rotatable bonds is 9. The molecule has 0 aliphatic rings. The lowest BCUT2D eigenvalue weighted by Crippen LogP contribution is -2.33. The Morgan fingerprint density at radius 2 is 1.85 bits per heavy atom. The first-order valence-electron chi connectivity index (χ1n) is 7.65. The molecule has 112 valence electrons. The molecule has 0 fully saturated rings. The van der Waals surface area contributed by atoms with Gasteiger partial charge in [-0.25, -0.2) is 0 Å². The Kier molecular flexibility index (Phi) is 7.97. The molecule has 0 spiro atoms. The molecule has 20 heavy (non-hydrogen) atoms. The molecule has 0 aliphatic heterocycles. The normalized spacial score (nSPS) is 13.8. The number of benzene rings is 1. The van der Waals surface area contributed by atoms with Gasteiger partial charge in [0.1, 0.15) is 0 Å². The SMILES string of the molecule is CC(CCN)CCC(=O)NC(C)CCc1ccccc1. The van der Waals surface area contributed by atoms with E-state index in [9.17, 15) is 4.79 Å². The summed E-state index contributed by atoms with van der Waals surface area (Å²) >= 11 is 0. The number of carbonyl (C=O) groups is 1. The molecule has 1 aromatic rings. The van der Waals surface area contributed by atoms with Gasteiger partial charge in [-0.05, 0) is 50.6 Å². The molecule has 2 unspecified atom stereocenters. The molecule has 3 nitrogen and oxygen atoms in total. The van der Waals surface area contributed by atoms with Crippen molar-refractivity contribution in [1.29, 1.82) is 0 Å². The van der Waals surface area contributed by atoms with Crippen molar-refractivity contribution in [3.8, 4) is 0 Å². The summed E-state index contributed by atoms with van der Waals surface area (Å²) in [4.78, 5) is 11.8. The number of nitrogens with two attached hydrogens (primary N) is 1. The van der Waals surface area contributed by atoms with E-state index < -0.39 is 0 Å². The molecule has 3 N–H and O–H groups in total. The molecular weight excluding hydrogens is 248 g/mol. The van der Waals surface area contributed by atoms with Gasteiger partial charge in [0.25, 0.3) is 0 Å². The molecule has 0 saturated carbocycles. The van der Waals surface area contributed by atoms with Crippen LogP contribution in [-0.4, -0.2) is 18.5 Å². The average molecular weight is 276 g/mol. The van der Waals surface area contributed by atoms with Crippen molar-refractivity contribution in [2.24, 2.45) is 11.7 Å². The smallest absolute Gasteiger partial charge is 0.220 e. The van der Waals surface area contributed by atoms with Crippen molar-refractivity contribution < 1.29 is 4.79 Å². The Hall–Kier alpha value is -1.35. The minimum Gasteiger partial charge on any atom is -0.354 e. The Labute approximate surface area is 122 Å². The second kappa shape index (κ2) is 9.54. The molecule has 0 radical (unpaired) electrons. The average Bonchev–Trinajstić information content (AvgIpc) is 2.44. The van der Waals surface area contributed by atoms with Crippen LogP contribution in [0.1, 0.15) is 45.1 Å². The van der Waals surface area contributed by atoms with E-state index in [1.165, 1.54) is 5.56 Å². The van der Waals surface area contributed by atoms with Crippen LogP contribution in [0.2, 0.25) is 0 Å². The quantitative estimate of drug-likeness (QED) is 0.728. The van der Waals surface area contributed by atoms with Crippen LogP contribution in [0.3, 0.4) is 0 Å². The highest BCUT2D eigenvalue weighted by Crippen LogP contribution is 2.09. The van der Waals surface area contributed by atoms with Crippen molar-refractivity contribution in [2.45, 2.75) is 52.0 Å². The summed E-state index contributed by atoms with van der Waals surface area (Å²) in [6, 6.07) is 10.6. The second-order valence-corrected chi connectivity index (χ2v) is 5.71. The van der Waals surface area contributed by atoms with Gasteiger partial charge in [-0.3, -0.25) is 4.79 Å². The van der Waals surface area contributed by atoms with Crippen molar-refractivity contribution in [3.05, 3.63) is 35.9 Å². The van der Waals surface area contributed by atoms with E-state index in [1.807, 2.05) is 6.07 Å². The van der Waals surface area contributed by atoms with Gasteiger partial charge in [-0.1, -0.05) is 37.3 Å². The summed E-state index contributed by atoms with van der Waals surface area (Å²) in [5.74, 6) is 0.694. The van der Waals surface area contributed by atoms with Gasteiger partial charge < -0.3 is 11.1 Å². The van der Waals surface area contributed by atoms with Gasteiger partial charge in [0.05, 0.1) is 0 Å². The maximum Gasteiger partial charge on any atom is 0.220 e. The summed E-state index contributed by atoms with van der Waals surface area (Å²) in [6.45, 7) is 4.93. The summed E-state index contributed by atoms with van der Waals surface area (Å²) in [5.41, 5.74) is 6.84. The molecule has 0 bridgehead atoms. The van der Waals surface area contributed by atoms with Gasteiger partial charge in [0.2, 0.25) is 5.91 Å². The zero-order valence-corrected chi connectivity index (χ0v) is 12.8. The standard InChI is InChI=1S/C17H28N2O/c1-14(12-13-18)8-11-17(20)19-15(2)9-10-16-6-4-3-5-7-16/h3-7,14-15H,8-13,18H2,1-2H3,(H,19,20). The third kappa shape index (κ3) is 7.29. The molecule has 1 amide bonds. The number of nitrogens with one attached hydrogen (secondary N) is 1. The predicted octanol–water partition coefficient (Wildman–Crippen LogP) is 2.89. The van der Waals surface area contributed by atoms with Crippen LogP contribution < -0.4 is 11.1 Å². The number of hydrogen-bond donors (Lipinski definition) is 2. The van der Waals surface area contributed by atoms with Crippen molar-refractivity contribution >= 4 is 5.91 Å². The number of aryl methyl sites for hydroxylation is 1. The van der Waals surface area contributed by atoms with Crippen LogP contribution in [0.4, 0.5) is 0 Å². The van der Waals surface area contributed by atoms with Gasteiger partial charge >= 0.3 is 0 Å². The highest BCUT2D eigenvalue weighted by molar-refractivity contribution is 5.76. The van der Waals surface area contributed by atoms with Gasteiger partial charge in [0.15, 0.2) is 0 Å². The molecule has 0 aromatic heterocycles. The molecule has 1 rings (SSSR count). The highest BCUT2D eigenvalue weighted by atomic mass is 16.1. The van der Waals surface area contributed by atoms with Gasteiger partial charge in [0, 0.05) is 12.5 Å². The third-order valence-electron chi connectivity index (χ3n) is 3.64. The molecule has 0 saturated heterocycles. The van der Waals surface area contributed by atoms with Crippen LogP contribution >= 0.6 is 0 Å².